The highest BCUT2D eigenvalue weighted by Crippen LogP contribution is 2.38. The number of benzene rings is 1. The second kappa shape index (κ2) is 7.66. The molecule has 2 aliphatic rings. The molecular weight excluding hydrogens is 392 g/mol. The van der Waals surface area contributed by atoms with E-state index in [0.717, 1.165) is 12.5 Å². The van der Waals surface area contributed by atoms with E-state index in [2.05, 4.69) is 10.3 Å². The van der Waals surface area contributed by atoms with Crippen LogP contribution in [0.4, 0.5) is 19.4 Å². The van der Waals surface area contributed by atoms with Gasteiger partial charge in [-0.2, -0.15) is 0 Å². The number of anilines is 1. The van der Waals surface area contributed by atoms with E-state index < -0.39 is 17.2 Å². The lowest BCUT2D eigenvalue weighted by molar-refractivity contribution is -0.117. The average molecular weight is 415 g/mol. The summed E-state index contributed by atoms with van der Waals surface area (Å²) in [4.78, 5) is 30.4. The second-order valence-electron chi connectivity index (χ2n) is 8.41. The van der Waals surface area contributed by atoms with Gasteiger partial charge in [0.2, 0.25) is 5.91 Å². The van der Waals surface area contributed by atoms with Gasteiger partial charge in [-0.15, -0.1) is 0 Å². The fourth-order valence-electron chi connectivity index (χ4n) is 4.27. The minimum Gasteiger partial charge on any atom is -0.441 e. The highest BCUT2D eigenvalue weighted by atomic mass is 19.1. The normalized spacial score (nSPS) is 22.4. The number of fused-ring (bicyclic) bond motifs is 1. The van der Waals surface area contributed by atoms with Gasteiger partial charge in [0.05, 0.1) is 6.04 Å². The Morgan fingerprint density at radius 1 is 1.23 bits per heavy atom. The molecule has 158 valence electrons. The van der Waals surface area contributed by atoms with Crippen LogP contribution in [0.2, 0.25) is 0 Å². The molecule has 2 atom stereocenters. The van der Waals surface area contributed by atoms with Crippen molar-refractivity contribution in [2.24, 2.45) is 5.92 Å². The number of nitrogens with one attached hydrogen (secondary N) is 1. The predicted molar refractivity (Wildman–Crippen MR) is 107 cm³/mol. The molecule has 0 bridgehead atoms. The summed E-state index contributed by atoms with van der Waals surface area (Å²) in [6, 6.07) is 6.49. The fraction of sp³-hybridized carbons (Fsp3) is 0.409. The first-order chi connectivity index (χ1) is 14.2. The number of carbonyl (C=O) groups is 2. The molecule has 2 aromatic rings. The number of aromatic nitrogens is 1. The molecular formula is C22H23F2N3O3. The van der Waals surface area contributed by atoms with Crippen molar-refractivity contribution in [1.29, 1.82) is 0 Å². The molecule has 2 fully saturated rings. The summed E-state index contributed by atoms with van der Waals surface area (Å²) in [6.45, 7) is 4.38. The number of nitrogens with zero attached hydrogens (tertiary/aromatic N) is 2. The lowest BCUT2D eigenvalue weighted by atomic mass is 9.82. The number of hydrogen-bond acceptors (Lipinski definition) is 4. The molecule has 2 amide bonds. The van der Waals surface area contributed by atoms with Crippen LogP contribution in [0, 0.1) is 17.6 Å². The van der Waals surface area contributed by atoms with Crippen LogP contribution in [0.5, 0.6) is 0 Å². The van der Waals surface area contributed by atoms with Crippen molar-refractivity contribution in [3.05, 3.63) is 48.2 Å². The van der Waals surface area contributed by atoms with Crippen molar-refractivity contribution < 1.29 is 23.1 Å². The van der Waals surface area contributed by atoms with Crippen molar-refractivity contribution >= 4 is 17.8 Å². The summed E-state index contributed by atoms with van der Waals surface area (Å²) < 4.78 is 32.2. The van der Waals surface area contributed by atoms with Crippen LogP contribution in [0.15, 0.2) is 36.5 Å². The molecule has 0 saturated carbocycles. The summed E-state index contributed by atoms with van der Waals surface area (Å²) in [6.07, 6.45) is 2.96. The van der Waals surface area contributed by atoms with E-state index >= 15 is 0 Å². The zero-order chi connectivity index (χ0) is 21.5. The number of amides is 2. The number of rotatable bonds is 4. The Bertz CT molecular complexity index is 958. The number of cyclic esters (lactones) is 1. The van der Waals surface area contributed by atoms with Gasteiger partial charge in [0, 0.05) is 30.8 Å². The molecule has 4 rings (SSSR count). The van der Waals surface area contributed by atoms with Crippen molar-refractivity contribution in [2.45, 2.75) is 44.8 Å². The van der Waals surface area contributed by atoms with Crippen molar-refractivity contribution in [2.75, 3.05) is 11.9 Å². The Labute approximate surface area is 173 Å². The summed E-state index contributed by atoms with van der Waals surface area (Å²) in [5, 5.41) is 2.77. The summed E-state index contributed by atoms with van der Waals surface area (Å²) in [5.41, 5.74) is 0.368. The first-order valence-corrected chi connectivity index (χ1v) is 9.93. The van der Waals surface area contributed by atoms with Crippen LogP contribution in [0.3, 0.4) is 0 Å². The minimum absolute atomic E-state index is 0.0272. The van der Waals surface area contributed by atoms with Gasteiger partial charge in [0.15, 0.2) is 0 Å². The number of hydrogen-bond donors (Lipinski definition) is 1. The molecule has 8 heteroatoms. The van der Waals surface area contributed by atoms with E-state index in [-0.39, 0.29) is 24.0 Å². The van der Waals surface area contributed by atoms with Crippen LogP contribution in [-0.2, 0) is 9.53 Å². The van der Waals surface area contributed by atoms with Crippen LogP contribution < -0.4 is 5.32 Å². The van der Waals surface area contributed by atoms with Crippen LogP contribution >= 0.6 is 0 Å². The van der Waals surface area contributed by atoms with E-state index in [9.17, 15) is 18.4 Å². The highest BCUT2D eigenvalue weighted by Gasteiger charge is 2.50. The third-order valence-electron chi connectivity index (χ3n) is 5.80. The molecule has 1 aromatic carbocycles. The standard InChI is InChI=1S/C22H23F2N3O3/c1-22(2)18-7-13(5-6-27(18)21(29)30-22)8-20(28)26-19-4-3-14(12-25-19)15-9-16(23)11-17(24)10-15/h3-4,9-13,18H,5-8H2,1-2H3,(H,25,26,28). The Hall–Kier alpha value is -3.03. The second-order valence-corrected chi connectivity index (χ2v) is 8.41. The van der Waals surface area contributed by atoms with E-state index in [0.29, 0.717) is 36.3 Å². The molecule has 0 spiro atoms. The molecule has 2 unspecified atom stereocenters. The number of pyridine rings is 1. The molecule has 1 aromatic heterocycles. The zero-order valence-corrected chi connectivity index (χ0v) is 16.8. The maximum atomic E-state index is 13.4. The Balaban J connectivity index is 1.36. The third kappa shape index (κ3) is 4.13. The maximum Gasteiger partial charge on any atom is 0.410 e. The van der Waals surface area contributed by atoms with Gasteiger partial charge in [-0.05, 0) is 62.4 Å². The van der Waals surface area contributed by atoms with Gasteiger partial charge in [0.25, 0.3) is 0 Å². The largest absolute Gasteiger partial charge is 0.441 e. The van der Waals surface area contributed by atoms with Crippen LogP contribution in [0.25, 0.3) is 11.1 Å². The van der Waals surface area contributed by atoms with Gasteiger partial charge in [0.1, 0.15) is 23.1 Å². The van der Waals surface area contributed by atoms with Crippen molar-refractivity contribution in [3.8, 4) is 11.1 Å². The Morgan fingerprint density at radius 3 is 2.63 bits per heavy atom. The molecule has 3 heterocycles. The predicted octanol–water partition coefficient (Wildman–Crippen LogP) is 4.36. The molecule has 1 N–H and O–H groups in total. The molecule has 0 aliphatic carbocycles. The topological polar surface area (TPSA) is 71.5 Å². The summed E-state index contributed by atoms with van der Waals surface area (Å²) >= 11 is 0. The monoisotopic (exact) mass is 415 g/mol. The molecule has 6 nitrogen and oxygen atoms in total. The number of carbonyl (C=O) groups excluding carboxylic acids is 2. The van der Waals surface area contributed by atoms with Crippen molar-refractivity contribution in [1.82, 2.24) is 9.88 Å². The average Bonchev–Trinajstić information content (AvgIpc) is 2.90. The quantitative estimate of drug-likeness (QED) is 0.805. The first-order valence-electron chi connectivity index (χ1n) is 9.93. The Kier molecular flexibility index (Phi) is 5.17. The summed E-state index contributed by atoms with van der Waals surface area (Å²) in [7, 11) is 0. The minimum atomic E-state index is -0.661. The van der Waals surface area contributed by atoms with E-state index in [4.69, 9.17) is 4.74 Å². The van der Waals surface area contributed by atoms with Gasteiger partial charge in [-0.1, -0.05) is 0 Å². The van der Waals surface area contributed by atoms with E-state index in [1.807, 2.05) is 13.8 Å². The SMILES string of the molecule is CC1(C)OC(=O)N2CCC(CC(=O)Nc3ccc(-c4cc(F)cc(F)c4)cn3)CC21. The smallest absolute Gasteiger partial charge is 0.410 e. The first kappa shape index (κ1) is 20.3. The molecule has 2 saturated heterocycles. The molecule has 30 heavy (non-hydrogen) atoms. The number of piperidine rings is 1. The Morgan fingerprint density at radius 2 is 1.97 bits per heavy atom. The summed E-state index contributed by atoms with van der Waals surface area (Å²) in [5.74, 6) is -0.960. The lowest BCUT2D eigenvalue weighted by Gasteiger charge is -2.36. The van der Waals surface area contributed by atoms with Gasteiger partial charge in [-0.25, -0.2) is 18.6 Å². The highest BCUT2D eigenvalue weighted by molar-refractivity contribution is 5.90. The molecule has 2 aliphatic heterocycles. The lowest BCUT2D eigenvalue weighted by Crippen LogP contribution is -2.47. The third-order valence-corrected chi connectivity index (χ3v) is 5.80. The maximum absolute atomic E-state index is 13.4. The fourth-order valence-corrected chi connectivity index (χ4v) is 4.27. The van der Waals surface area contributed by atoms with Gasteiger partial charge in [-0.3, -0.25) is 4.79 Å². The zero-order valence-electron chi connectivity index (χ0n) is 16.8. The number of halogens is 2. The van der Waals surface area contributed by atoms with Crippen LogP contribution in [-0.4, -0.2) is 40.1 Å². The van der Waals surface area contributed by atoms with E-state index in [1.54, 1.807) is 17.0 Å². The van der Waals surface area contributed by atoms with Crippen LogP contribution in [0.1, 0.15) is 33.1 Å². The van der Waals surface area contributed by atoms with Crippen molar-refractivity contribution in [3.63, 3.8) is 0 Å². The number of ether oxygens (including phenoxy) is 1. The molecule has 0 radical (unpaired) electrons. The van der Waals surface area contributed by atoms with Gasteiger partial charge < -0.3 is 15.0 Å². The van der Waals surface area contributed by atoms with Gasteiger partial charge >= 0.3 is 6.09 Å². The van der Waals surface area contributed by atoms with E-state index in [1.165, 1.54) is 18.3 Å².